The number of ether oxygens (including phenoxy) is 4. The molecule has 0 aromatic rings. The number of rotatable bonds is 56. The van der Waals surface area contributed by atoms with Gasteiger partial charge in [0, 0.05) is 12.8 Å². The molecule has 0 aliphatic heterocycles. The highest BCUT2D eigenvalue weighted by atomic mass is 16.7. The summed E-state index contributed by atoms with van der Waals surface area (Å²) in [6, 6.07) is 0. The minimum atomic E-state index is -1.52. The van der Waals surface area contributed by atoms with Gasteiger partial charge in [-0.05, 0) is 109 Å². The van der Waals surface area contributed by atoms with Gasteiger partial charge < -0.3 is 28.5 Å². The molecule has 9 nitrogen and oxygen atoms in total. The van der Waals surface area contributed by atoms with Crippen LogP contribution in [0.25, 0.3) is 0 Å². The summed E-state index contributed by atoms with van der Waals surface area (Å²) in [6.07, 6.45) is 82.5. The number of likely N-dealkylation sites (N-methyl/N-ethyl adjacent to an activating group) is 1. The summed E-state index contributed by atoms with van der Waals surface area (Å²) in [5, 5.41) is 9.72. The molecule has 0 aliphatic rings. The van der Waals surface area contributed by atoms with E-state index < -0.39 is 24.3 Å². The standard InChI is InChI=1S/C70H115NO8/c1-6-8-10-12-14-16-18-20-22-24-26-27-28-29-30-31-32-33-34-35-36-37-38-39-40-41-43-45-47-49-51-53-55-57-59-61-68(73)79-66(65-78-70(69(74)75)76-63-62-71(3,4)5)64-77-67(72)60-58-56-54-52-50-48-46-44-42-25-23-21-19-17-15-13-11-9-7-2/h8-11,14-17,20-23,26-27,29-30,32-33,35-36,42,44,66,70H,6-7,12-13,18-19,24-25,28,31,34,37-41,43,45-65H2,1-5H3/p+1/b10-8-,11-9-,16-14-,17-15-,22-20-,23-21-,27-26-,30-29-,33-32-,36-35-,44-42-. The second-order valence-electron chi connectivity index (χ2n) is 21.6. The van der Waals surface area contributed by atoms with E-state index in [0.717, 1.165) is 128 Å². The number of carboxylic acids is 1. The quantitative estimate of drug-likeness (QED) is 0.0211. The van der Waals surface area contributed by atoms with Crippen molar-refractivity contribution in [2.75, 3.05) is 47.5 Å². The number of unbranched alkanes of at least 4 members (excludes halogenated alkanes) is 19. The molecule has 0 aromatic heterocycles. The fourth-order valence-corrected chi connectivity index (χ4v) is 8.16. The fraction of sp³-hybridized carbons (Fsp3) is 0.643. The van der Waals surface area contributed by atoms with Crippen LogP contribution in [-0.2, 0) is 33.3 Å². The van der Waals surface area contributed by atoms with Crippen LogP contribution in [0, 0.1) is 0 Å². The maximum atomic E-state index is 12.9. The summed E-state index contributed by atoms with van der Waals surface area (Å²) in [5.41, 5.74) is 0. The van der Waals surface area contributed by atoms with Crippen LogP contribution in [0.1, 0.15) is 232 Å². The molecular weight excluding hydrogens is 983 g/mol. The number of hydrogen-bond donors (Lipinski definition) is 1. The highest BCUT2D eigenvalue weighted by molar-refractivity contribution is 5.71. The molecule has 0 radical (unpaired) electrons. The van der Waals surface area contributed by atoms with Gasteiger partial charge in [-0.3, -0.25) is 9.59 Å². The van der Waals surface area contributed by atoms with Crippen LogP contribution in [0.4, 0.5) is 0 Å². The molecule has 0 saturated heterocycles. The van der Waals surface area contributed by atoms with Crippen molar-refractivity contribution in [3.63, 3.8) is 0 Å². The number of carboxylic acid groups (broad SMARTS) is 1. The van der Waals surface area contributed by atoms with Crippen LogP contribution >= 0.6 is 0 Å². The zero-order valence-electron chi connectivity index (χ0n) is 51.0. The Morgan fingerprint density at radius 1 is 0.380 bits per heavy atom. The van der Waals surface area contributed by atoms with E-state index in [-0.39, 0.29) is 38.6 Å². The van der Waals surface area contributed by atoms with Crippen LogP contribution < -0.4 is 0 Å². The average Bonchev–Trinajstić information content (AvgIpc) is 3.42. The first-order valence-corrected chi connectivity index (χ1v) is 31.3. The van der Waals surface area contributed by atoms with Crippen molar-refractivity contribution in [3.8, 4) is 0 Å². The van der Waals surface area contributed by atoms with Gasteiger partial charge in [-0.25, -0.2) is 4.79 Å². The Morgan fingerprint density at radius 3 is 1.01 bits per heavy atom. The van der Waals surface area contributed by atoms with Crippen molar-refractivity contribution in [2.24, 2.45) is 0 Å². The maximum absolute atomic E-state index is 12.9. The molecule has 0 heterocycles. The number of esters is 2. The summed E-state index contributed by atoms with van der Waals surface area (Å²) < 4.78 is 22.9. The van der Waals surface area contributed by atoms with Gasteiger partial charge in [-0.1, -0.05) is 244 Å². The number of carbonyl (C=O) groups excluding carboxylic acids is 2. The fourth-order valence-electron chi connectivity index (χ4n) is 8.16. The molecule has 2 atom stereocenters. The van der Waals surface area contributed by atoms with E-state index in [4.69, 9.17) is 18.9 Å². The van der Waals surface area contributed by atoms with Crippen LogP contribution in [0.5, 0.6) is 0 Å². The predicted molar refractivity (Wildman–Crippen MR) is 336 cm³/mol. The molecule has 2 unspecified atom stereocenters. The van der Waals surface area contributed by atoms with Crippen molar-refractivity contribution in [3.05, 3.63) is 134 Å². The van der Waals surface area contributed by atoms with E-state index >= 15 is 0 Å². The van der Waals surface area contributed by atoms with Gasteiger partial charge in [0.15, 0.2) is 6.10 Å². The average molecular weight is 1100 g/mol. The molecule has 0 bridgehead atoms. The molecular formula is C70H116NO8+. The maximum Gasteiger partial charge on any atom is 0.361 e. The number of quaternary nitrogens is 1. The Bertz CT molecular complexity index is 1750. The highest BCUT2D eigenvalue weighted by Gasteiger charge is 2.25. The SMILES string of the molecule is CC/C=C\C/C=C\C/C=C\C/C=C\C/C=C\C/C=C\C/C=C\CCCCCCCCCCCCCCCC(=O)OC(COC(=O)CCCCCCCC/C=C\C/C=C\C/C=C\C/C=C\CC)COC(OCC[N+](C)(C)C)C(=O)O. The molecule has 0 aromatic carbocycles. The van der Waals surface area contributed by atoms with Crippen molar-refractivity contribution in [1.29, 1.82) is 0 Å². The van der Waals surface area contributed by atoms with Gasteiger partial charge in [0.2, 0.25) is 0 Å². The molecule has 1 N–H and O–H groups in total. The predicted octanol–water partition coefficient (Wildman–Crippen LogP) is 19.0. The zero-order valence-corrected chi connectivity index (χ0v) is 51.0. The minimum absolute atomic E-state index is 0.179. The number of carbonyl (C=O) groups is 3. The van der Waals surface area contributed by atoms with E-state index in [1.54, 1.807) is 0 Å². The lowest BCUT2D eigenvalue weighted by atomic mass is 10.0. The second kappa shape index (κ2) is 59.5. The Morgan fingerprint density at radius 2 is 0.684 bits per heavy atom. The number of allylic oxidation sites excluding steroid dienone is 22. The van der Waals surface area contributed by atoms with E-state index in [1.807, 2.05) is 21.1 Å². The topological polar surface area (TPSA) is 108 Å². The number of aliphatic carboxylic acids is 1. The molecule has 0 rings (SSSR count). The van der Waals surface area contributed by atoms with E-state index in [1.165, 1.54) is 70.6 Å². The van der Waals surface area contributed by atoms with Crippen LogP contribution in [0.3, 0.4) is 0 Å². The Balaban J connectivity index is 4.19. The molecule has 0 spiro atoms. The van der Waals surface area contributed by atoms with Crippen LogP contribution in [0.15, 0.2) is 134 Å². The first-order chi connectivity index (χ1) is 38.6. The summed E-state index contributed by atoms with van der Waals surface area (Å²) in [7, 11) is 5.96. The first-order valence-electron chi connectivity index (χ1n) is 31.3. The van der Waals surface area contributed by atoms with Crippen molar-refractivity contribution in [1.82, 2.24) is 0 Å². The lowest BCUT2D eigenvalue weighted by molar-refractivity contribution is -0.870. The second-order valence-corrected chi connectivity index (χ2v) is 21.6. The number of hydrogen-bond acceptors (Lipinski definition) is 7. The molecule has 0 saturated carbocycles. The van der Waals surface area contributed by atoms with Gasteiger partial charge in [0.1, 0.15) is 13.2 Å². The molecule has 9 heteroatoms. The summed E-state index contributed by atoms with van der Waals surface area (Å²) in [6.45, 7) is 4.62. The lowest BCUT2D eigenvalue weighted by Crippen LogP contribution is -2.40. The summed E-state index contributed by atoms with van der Waals surface area (Å²) in [4.78, 5) is 37.5. The van der Waals surface area contributed by atoms with E-state index in [2.05, 4.69) is 148 Å². The number of nitrogens with zero attached hydrogens (tertiary/aromatic N) is 1. The zero-order chi connectivity index (χ0) is 57.6. The molecule has 448 valence electrons. The Hall–Kier alpha value is -4.57. The third-order valence-corrected chi connectivity index (χ3v) is 12.9. The van der Waals surface area contributed by atoms with Gasteiger partial charge >= 0.3 is 17.9 Å². The molecule has 0 fully saturated rings. The normalized spacial score (nSPS) is 13.7. The van der Waals surface area contributed by atoms with E-state index in [9.17, 15) is 19.5 Å². The monoisotopic (exact) mass is 1100 g/mol. The van der Waals surface area contributed by atoms with Gasteiger partial charge in [-0.15, -0.1) is 0 Å². The van der Waals surface area contributed by atoms with Gasteiger partial charge in [0.25, 0.3) is 6.29 Å². The lowest BCUT2D eigenvalue weighted by Gasteiger charge is -2.25. The largest absolute Gasteiger partial charge is 0.477 e. The molecule has 79 heavy (non-hydrogen) atoms. The van der Waals surface area contributed by atoms with Crippen LogP contribution in [0.2, 0.25) is 0 Å². The minimum Gasteiger partial charge on any atom is -0.477 e. The van der Waals surface area contributed by atoms with E-state index in [0.29, 0.717) is 17.4 Å². The van der Waals surface area contributed by atoms with Crippen molar-refractivity contribution >= 4 is 17.9 Å². The van der Waals surface area contributed by atoms with Gasteiger partial charge in [0.05, 0.1) is 34.4 Å². The summed E-state index contributed by atoms with van der Waals surface area (Å²) in [5.74, 6) is -2.03. The molecule has 0 aliphatic carbocycles. The Labute approximate surface area is 484 Å². The highest BCUT2D eigenvalue weighted by Crippen LogP contribution is 2.15. The van der Waals surface area contributed by atoms with Crippen LogP contribution in [-0.4, -0.2) is 87.4 Å². The van der Waals surface area contributed by atoms with Crippen molar-refractivity contribution < 1.29 is 42.9 Å². The summed E-state index contributed by atoms with van der Waals surface area (Å²) >= 11 is 0. The Kier molecular flexibility index (Phi) is 56.1. The smallest absolute Gasteiger partial charge is 0.361 e. The third-order valence-electron chi connectivity index (χ3n) is 12.9. The third kappa shape index (κ3) is 60.9. The van der Waals surface area contributed by atoms with Gasteiger partial charge in [-0.2, -0.15) is 0 Å². The molecule has 0 amide bonds. The first kappa shape index (κ1) is 74.4. The van der Waals surface area contributed by atoms with Crippen molar-refractivity contribution in [2.45, 2.75) is 245 Å².